The van der Waals surface area contributed by atoms with Gasteiger partial charge in [0.05, 0.1) is 32.4 Å². The van der Waals surface area contributed by atoms with Crippen LogP contribution < -0.4 is 10.1 Å². The number of carbonyl (C=O) groups excluding carboxylic acids is 1. The van der Waals surface area contributed by atoms with E-state index in [-0.39, 0.29) is 36.1 Å². The first-order valence-electron chi connectivity index (χ1n) is 10.4. The second-order valence-corrected chi connectivity index (χ2v) is 10.4. The number of aryl methyl sites for hydroxylation is 1. The van der Waals surface area contributed by atoms with Crippen LogP contribution in [-0.4, -0.2) is 57.0 Å². The molecule has 0 unspecified atom stereocenters. The number of aromatic nitrogens is 1. The van der Waals surface area contributed by atoms with Gasteiger partial charge in [-0.25, -0.2) is 13.4 Å². The van der Waals surface area contributed by atoms with E-state index in [0.717, 1.165) is 16.8 Å². The van der Waals surface area contributed by atoms with Crippen molar-refractivity contribution in [3.8, 4) is 17.0 Å². The topological polar surface area (TPSA) is 97.8 Å². The van der Waals surface area contributed by atoms with E-state index in [1.165, 1.54) is 28.8 Å². The van der Waals surface area contributed by atoms with Gasteiger partial charge in [-0.05, 0) is 24.6 Å². The zero-order valence-electron chi connectivity index (χ0n) is 18.4. The van der Waals surface area contributed by atoms with Crippen molar-refractivity contribution >= 4 is 32.4 Å². The Hall–Kier alpha value is -2.79. The van der Waals surface area contributed by atoms with E-state index >= 15 is 0 Å². The van der Waals surface area contributed by atoms with Crippen molar-refractivity contribution in [3.05, 3.63) is 59.0 Å². The molecule has 1 aliphatic rings. The molecule has 1 aromatic heterocycles. The highest BCUT2D eigenvalue weighted by atomic mass is 32.2. The largest absolute Gasteiger partial charge is 0.495 e. The van der Waals surface area contributed by atoms with Crippen LogP contribution in [0.4, 0.5) is 5.13 Å². The Balaban J connectivity index is 1.48. The Labute approximate surface area is 197 Å². The van der Waals surface area contributed by atoms with E-state index in [0.29, 0.717) is 23.9 Å². The molecule has 0 bridgehead atoms. The lowest BCUT2D eigenvalue weighted by Crippen LogP contribution is -2.40. The molecule has 1 fully saturated rings. The molecule has 0 radical (unpaired) electrons. The predicted octanol–water partition coefficient (Wildman–Crippen LogP) is 3.33. The van der Waals surface area contributed by atoms with Crippen LogP contribution in [0.15, 0.2) is 52.7 Å². The van der Waals surface area contributed by atoms with Gasteiger partial charge in [-0.2, -0.15) is 4.31 Å². The highest BCUT2D eigenvalue weighted by Gasteiger charge is 2.29. The van der Waals surface area contributed by atoms with Crippen LogP contribution in [0, 0.1) is 6.92 Å². The molecule has 174 valence electrons. The number of morpholine rings is 1. The maximum Gasteiger partial charge on any atom is 0.246 e. The van der Waals surface area contributed by atoms with Gasteiger partial charge in [0.25, 0.3) is 0 Å². The van der Waals surface area contributed by atoms with Gasteiger partial charge in [0.2, 0.25) is 15.9 Å². The van der Waals surface area contributed by atoms with Crippen molar-refractivity contribution in [1.82, 2.24) is 9.29 Å². The van der Waals surface area contributed by atoms with Gasteiger partial charge in [0.1, 0.15) is 10.6 Å². The average molecular weight is 488 g/mol. The molecule has 1 aliphatic heterocycles. The second-order valence-electron chi connectivity index (χ2n) is 7.63. The number of anilines is 1. The molecular weight excluding hydrogens is 462 g/mol. The Morgan fingerprint density at radius 1 is 1.18 bits per heavy atom. The predicted molar refractivity (Wildman–Crippen MR) is 127 cm³/mol. The van der Waals surface area contributed by atoms with Crippen LogP contribution in [0.1, 0.15) is 11.1 Å². The molecule has 1 amide bonds. The highest BCUT2D eigenvalue weighted by molar-refractivity contribution is 7.89. The molecule has 0 spiro atoms. The summed E-state index contributed by atoms with van der Waals surface area (Å²) in [6, 6.07) is 12.8. The van der Waals surface area contributed by atoms with Gasteiger partial charge in [-0.3, -0.25) is 4.79 Å². The van der Waals surface area contributed by atoms with Crippen molar-refractivity contribution in [3.63, 3.8) is 0 Å². The van der Waals surface area contributed by atoms with Crippen LogP contribution in [0.25, 0.3) is 11.3 Å². The molecule has 0 saturated carbocycles. The molecule has 1 saturated heterocycles. The minimum absolute atomic E-state index is 0.00900. The lowest BCUT2D eigenvalue weighted by molar-refractivity contribution is -0.115. The first-order valence-corrected chi connectivity index (χ1v) is 12.8. The lowest BCUT2D eigenvalue weighted by atomic mass is 10.1. The van der Waals surface area contributed by atoms with Crippen molar-refractivity contribution in [1.29, 1.82) is 0 Å². The number of hydrogen-bond donors (Lipinski definition) is 1. The number of carbonyl (C=O) groups is 1. The number of thiazole rings is 1. The van der Waals surface area contributed by atoms with Crippen molar-refractivity contribution in [2.75, 3.05) is 38.7 Å². The first kappa shape index (κ1) is 23.4. The lowest BCUT2D eigenvalue weighted by Gasteiger charge is -2.26. The number of benzene rings is 2. The molecule has 0 atom stereocenters. The summed E-state index contributed by atoms with van der Waals surface area (Å²) >= 11 is 1.34. The van der Waals surface area contributed by atoms with Gasteiger partial charge in [0, 0.05) is 24.0 Å². The molecule has 4 rings (SSSR count). The molecule has 33 heavy (non-hydrogen) atoms. The quantitative estimate of drug-likeness (QED) is 0.549. The zero-order valence-corrected chi connectivity index (χ0v) is 20.0. The molecule has 3 aromatic rings. The minimum Gasteiger partial charge on any atom is -0.495 e. The summed E-state index contributed by atoms with van der Waals surface area (Å²) in [7, 11) is -2.34. The van der Waals surface area contributed by atoms with Crippen molar-refractivity contribution in [2.24, 2.45) is 0 Å². The van der Waals surface area contributed by atoms with E-state index in [1.807, 2.05) is 36.6 Å². The fourth-order valence-corrected chi connectivity index (χ4v) is 5.85. The summed E-state index contributed by atoms with van der Waals surface area (Å²) in [6.07, 6.45) is 0.00900. The van der Waals surface area contributed by atoms with Crippen molar-refractivity contribution in [2.45, 2.75) is 18.2 Å². The van der Waals surface area contributed by atoms with Crippen LogP contribution in [0.2, 0.25) is 0 Å². The Kier molecular flexibility index (Phi) is 7.08. The maximum absolute atomic E-state index is 13.1. The van der Waals surface area contributed by atoms with Crippen LogP contribution in [-0.2, 0) is 26.0 Å². The third-order valence-corrected chi connectivity index (χ3v) is 7.96. The Bertz CT molecular complexity index is 1230. The highest BCUT2D eigenvalue weighted by Crippen LogP contribution is 2.29. The third-order valence-electron chi connectivity index (χ3n) is 5.28. The van der Waals surface area contributed by atoms with Crippen LogP contribution in [0.3, 0.4) is 0 Å². The SMILES string of the molecule is COc1ccc(CC(=O)Nc2nc(-c3ccc(C)cc3)cs2)cc1S(=O)(=O)N1CCOCC1. The fourth-order valence-electron chi connectivity index (χ4n) is 3.50. The molecule has 10 heteroatoms. The number of nitrogens with zero attached hydrogens (tertiary/aromatic N) is 2. The molecule has 2 heterocycles. The number of ether oxygens (including phenoxy) is 2. The van der Waals surface area contributed by atoms with E-state index in [9.17, 15) is 13.2 Å². The molecule has 1 N–H and O–H groups in total. The molecule has 0 aliphatic carbocycles. The minimum atomic E-state index is -3.77. The number of methoxy groups -OCH3 is 1. The molecule has 2 aromatic carbocycles. The van der Waals surface area contributed by atoms with Gasteiger partial charge >= 0.3 is 0 Å². The second kappa shape index (κ2) is 10.0. The van der Waals surface area contributed by atoms with E-state index < -0.39 is 10.0 Å². The van der Waals surface area contributed by atoms with Gasteiger partial charge in [-0.15, -0.1) is 11.3 Å². The summed E-state index contributed by atoms with van der Waals surface area (Å²) in [5, 5.41) is 5.18. The number of rotatable bonds is 7. The number of hydrogen-bond acceptors (Lipinski definition) is 7. The van der Waals surface area contributed by atoms with Gasteiger partial charge < -0.3 is 14.8 Å². The summed E-state index contributed by atoms with van der Waals surface area (Å²) in [5.41, 5.74) is 3.50. The fraction of sp³-hybridized carbons (Fsp3) is 0.304. The van der Waals surface area contributed by atoms with Crippen molar-refractivity contribution < 1.29 is 22.7 Å². The van der Waals surface area contributed by atoms with Crippen LogP contribution in [0.5, 0.6) is 5.75 Å². The summed E-state index contributed by atoms with van der Waals surface area (Å²) < 4.78 is 38.2. The average Bonchev–Trinajstić information content (AvgIpc) is 3.28. The normalized spacial score (nSPS) is 14.7. The Morgan fingerprint density at radius 3 is 2.61 bits per heavy atom. The number of nitrogens with one attached hydrogen (secondary N) is 1. The monoisotopic (exact) mass is 487 g/mol. The van der Waals surface area contributed by atoms with Gasteiger partial charge in [-0.1, -0.05) is 35.9 Å². The first-order chi connectivity index (χ1) is 15.9. The third kappa shape index (κ3) is 5.41. The number of amides is 1. The standard InChI is InChI=1S/C23H25N3O5S2/c1-16-3-6-18(7-4-16)19-15-32-23(24-19)25-22(27)14-17-5-8-20(30-2)21(13-17)33(28,29)26-9-11-31-12-10-26/h3-8,13,15H,9-12,14H2,1-2H3,(H,24,25,27). The van der Waals surface area contributed by atoms with Crippen LogP contribution >= 0.6 is 11.3 Å². The molecular formula is C23H25N3O5S2. The Morgan fingerprint density at radius 2 is 1.91 bits per heavy atom. The summed E-state index contributed by atoms with van der Waals surface area (Å²) in [5.74, 6) is -0.0343. The molecule has 8 nitrogen and oxygen atoms in total. The zero-order chi connectivity index (χ0) is 23.4. The van der Waals surface area contributed by atoms with Gasteiger partial charge in [0.15, 0.2) is 5.13 Å². The number of sulfonamides is 1. The maximum atomic E-state index is 13.1. The van der Waals surface area contributed by atoms with E-state index in [4.69, 9.17) is 9.47 Å². The smallest absolute Gasteiger partial charge is 0.246 e. The van der Waals surface area contributed by atoms with E-state index in [2.05, 4.69) is 10.3 Å². The summed E-state index contributed by atoms with van der Waals surface area (Å²) in [6.45, 7) is 3.28. The van der Waals surface area contributed by atoms with E-state index in [1.54, 1.807) is 12.1 Å². The summed E-state index contributed by atoms with van der Waals surface area (Å²) in [4.78, 5) is 17.2.